The first-order chi connectivity index (χ1) is 10.6. The molecule has 0 bridgehead atoms. The highest BCUT2D eigenvalue weighted by Gasteiger charge is 2.26. The molecular weight excluding hydrogens is 284 g/mol. The third kappa shape index (κ3) is 3.27. The second kappa shape index (κ2) is 7.35. The molecule has 0 aromatic heterocycles. The Labute approximate surface area is 131 Å². The Hall–Kier alpha value is -1.95. The second-order valence-electron chi connectivity index (χ2n) is 5.29. The Bertz CT molecular complexity index is 533. The van der Waals surface area contributed by atoms with Crippen molar-refractivity contribution in [3.8, 4) is 17.2 Å². The smallest absolute Gasteiger partial charge is 0.257 e. The zero-order valence-electron chi connectivity index (χ0n) is 13.6. The molecule has 0 spiro atoms. The number of likely N-dealkylation sites (N-methyl/N-ethyl adjacent to an activating group) is 1. The van der Waals surface area contributed by atoms with E-state index in [-0.39, 0.29) is 5.91 Å². The first-order valence-corrected chi connectivity index (χ1v) is 7.41. The Morgan fingerprint density at radius 1 is 1.14 bits per heavy atom. The quantitative estimate of drug-likeness (QED) is 0.894. The number of likely N-dealkylation sites (tertiary alicyclic amines) is 1. The van der Waals surface area contributed by atoms with Crippen molar-refractivity contribution >= 4 is 5.91 Å². The maximum absolute atomic E-state index is 12.8. The molecule has 1 atom stereocenters. The fourth-order valence-electron chi connectivity index (χ4n) is 2.76. The van der Waals surface area contributed by atoms with Gasteiger partial charge in [0.25, 0.3) is 5.91 Å². The fraction of sp³-hybridized carbons (Fsp3) is 0.562. The lowest BCUT2D eigenvalue weighted by atomic mass is 10.0. The van der Waals surface area contributed by atoms with Gasteiger partial charge in [0.15, 0.2) is 11.5 Å². The first-order valence-electron chi connectivity index (χ1n) is 7.41. The van der Waals surface area contributed by atoms with E-state index in [2.05, 4.69) is 5.32 Å². The van der Waals surface area contributed by atoms with Gasteiger partial charge < -0.3 is 24.4 Å². The average Bonchev–Trinajstić information content (AvgIpc) is 2.59. The van der Waals surface area contributed by atoms with Gasteiger partial charge in [-0.2, -0.15) is 0 Å². The van der Waals surface area contributed by atoms with Crippen molar-refractivity contribution < 1.29 is 19.0 Å². The van der Waals surface area contributed by atoms with Gasteiger partial charge in [-0.3, -0.25) is 4.79 Å². The van der Waals surface area contributed by atoms with Gasteiger partial charge in [0.2, 0.25) is 0 Å². The molecule has 1 heterocycles. The van der Waals surface area contributed by atoms with E-state index in [9.17, 15) is 4.79 Å². The van der Waals surface area contributed by atoms with Crippen LogP contribution in [0.2, 0.25) is 0 Å². The molecule has 1 aromatic carbocycles. The van der Waals surface area contributed by atoms with Crippen LogP contribution in [0, 0.1) is 0 Å². The number of carbonyl (C=O) groups excluding carboxylic acids is 1. The van der Waals surface area contributed by atoms with Crippen molar-refractivity contribution in [2.75, 3.05) is 41.5 Å². The number of carbonyl (C=O) groups is 1. The van der Waals surface area contributed by atoms with Crippen LogP contribution in [-0.2, 0) is 0 Å². The van der Waals surface area contributed by atoms with E-state index in [0.29, 0.717) is 35.4 Å². The summed E-state index contributed by atoms with van der Waals surface area (Å²) in [4.78, 5) is 14.7. The van der Waals surface area contributed by atoms with Crippen molar-refractivity contribution in [1.29, 1.82) is 0 Å². The third-order valence-corrected chi connectivity index (χ3v) is 4.05. The minimum absolute atomic E-state index is 0.0437. The minimum atomic E-state index is -0.0437. The van der Waals surface area contributed by atoms with Crippen LogP contribution in [0.1, 0.15) is 23.2 Å². The van der Waals surface area contributed by atoms with Gasteiger partial charge in [-0.1, -0.05) is 0 Å². The molecule has 22 heavy (non-hydrogen) atoms. The number of piperidine rings is 1. The number of nitrogens with zero attached hydrogens (tertiary/aromatic N) is 1. The molecule has 6 heteroatoms. The third-order valence-electron chi connectivity index (χ3n) is 4.05. The van der Waals surface area contributed by atoms with E-state index in [0.717, 1.165) is 19.4 Å². The van der Waals surface area contributed by atoms with Crippen molar-refractivity contribution in [2.45, 2.75) is 18.9 Å². The summed E-state index contributed by atoms with van der Waals surface area (Å²) in [5, 5.41) is 3.24. The van der Waals surface area contributed by atoms with E-state index < -0.39 is 0 Å². The highest BCUT2D eigenvalue weighted by Crippen LogP contribution is 2.35. The van der Waals surface area contributed by atoms with Crippen LogP contribution in [0.15, 0.2) is 12.1 Å². The summed E-state index contributed by atoms with van der Waals surface area (Å²) in [7, 11) is 6.58. The summed E-state index contributed by atoms with van der Waals surface area (Å²) in [6.07, 6.45) is 2.08. The summed E-state index contributed by atoms with van der Waals surface area (Å²) < 4.78 is 15.9. The van der Waals surface area contributed by atoms with Crippen molar-refractivity contribution in [2.24, 2.45) is 0 Å². The van der Waals surface area contributed by atoms with Gasteiger partial charge in [0, 0.05) is 31.3 Å². The van der Waals surface area contributed by atoms with Crippen LogP contribution < -0.4 is 19.5 Å². The zero-order chi connectivity index (χ0) is 16.1. The topological polar surface area (TPSA) is 60.0 Å². The van der Waals surface area contributed by atoms with Gasteiger partial charge in [-0.15, -0.1) is 0 Å². The van der Waals surface area contributed by atoms with Crippen molar-refractivity contribution in [3.63, 3.8) is 0 Å². The predicted octanol–water partition coefficient (Wildman–Crippen LogP) is 1.54. The Balaban J connectivity index is 2.31. The Morgan fingerprint density at radius 3 is 2.36 bits per heavy atom. The molecular formula is C16H24N2O4. The van der Waals surface area contributed by atoms with Crippen LogP contribution in [-0.4, -0.2) is 58.3 Å². The molecule has 0 aliphatic carbocycles. The second-order valence-corrected chi connectivity index (χ2v) is 5.29. The SMILES string of the molecule is CNC1CCCN(C(=O)c2cc(OC)c(OC)cc2OC)C1. The Morgan fingerprint density at radius 2 is 1.77 bits per heavy atom. The summed E-state index contributed by atoms with van der Waals surface area (Å²) >= 11 is 0. The molecule has 1 aliphatic rings. The minimum Gasteiger partial charge on any atom is -0.496 e. The largest absolute Gasteiger partial charge is 0.496 e. The lowest BCUT2D eigenvalue weighted by molar-refractivity contribution is 0.0694. The number of rotatable bonds is 5. The van der Waals surface area contributed by atoms with E-state index in [1.165, 1.54) is 0 Å². The lowest BCUT2D eigenvalue weighted by Crippen LogP contribution is -2.47. The summed E-state index contributed by atoms with van der Waals surface area (Å²) in [6, 6.07) is 3.71. The number of ether oxygens (including phenoxy) is 3. The zero-order valence-corrected chi connectivity index (χ0v) is 13.6. The van der Waals surface area contributed by atoms with Gasteiger partial charge in [0.05, 0.1) is 26.9 Å². The number of benzene rings is 1. The van der Waals surface area contributed by atoms with Gasteiger partial charge in [0.1, 0.15) is 5.75 Å². The fourth-order valence-corrected chi connectivity index (χ4v) is 2.76. The van der Waals surface area contributed by atoms with Gasteiger partial charge in [-0.25, -0.2) is 0 Å². The van der Waals surface area contributed by atoms with E-state index in [1.54, 1.807) is 33.5 Å². The molecule has 1 fully saturated rings. The number of methoxy groups -OCH3 is 3. The predicted molar refractivity (Wildman–Crippen MR) is 84.1 cm³/mol. The number of hydrogen-bond acceptors (Lipinski definition) is 5. The molecule has 0 radical (unpaired) electrons. The number of nitrogens with one attached hydrogen (secondary N) is 1. The number of amides is 1. The molecule has 1 N–H and O–H groups in total. The summed E-state index contributed by atoms with van der Waals surface area (Å²) in [5.74, 6) is 1.52. The molecule has 2 rings (SSSR count). The van der Waals surface area contributed by atoms with Crippen LogP contribution in [0.3, 0.4) is 0 Å². The molecule has 6 nitrogen and oxygen atoms in total. The van der Waals surface area contributed by atoms with Crippen LogP contribution >= 0.6 is 0 Å². The molecule has 122 valence electrons. The van der Waals surface area contributed by atoms with Crippen molar-refractivity contribution in [1.82, 2.24) is 10.2 Å². The molecule has 1 saturated heterocycles. The Kier molecular flexibility index (Phi) is 5.49. The van der Waals surface area contributed by atoms with E-state index >= 15 is 0 Å². The first kappa shape index (κ1) is 16.4. The van der Waals surface area contributed by atoms with E-state index in [4.69, 9.17) is 14.2 Å². The van der Waals surface area contributed by atoms with Gasteiger partial charge >= 0.3 is 0 Å². The summed E-state index contributed by atoms with van der Waals surface area (Å²) in [5.41, 5.74) is 0.497. The molecule has 1 aromatic rings. The van der Waals surface area contributed by atoms with Gasteiger partial charge in [-0.05, 0) is 19.9 Å². The van der Waals surface area contributed by atoms with Crippen LogP contribution in [0.5, 0.6) is 17.2 Å². The average molecular weight is 308 g/mol. The highest BCUT2D eigenvalue weighted by molar-refractivity contribution is 5.98. The van der Waals surface area contributed by atoms with E-state index in [1.807, 2.05) is 11.9 Å². The summed E-state index contributed by atoms with van der Waals surface area (Å²) in [6.45, 7) is 1.46. The maximum Gasteiger partial charge on any atom is 0.257 e. The standard InChI is InChI=1S/C16H24N2O4/c1-17-11-6-5-7-18(10-11)16(19)12-8-14(21-3)15(22-4)9-13(12)20-2/h8-9,11,17H,5-7,10H2,1-4H3. The highest BCUT2D eigenvalue weighted by atomic mass is 16.5. The molecule has 1 aliphatic heterocycles. The molecule has 0 saturated carbocycles. The monoisotopic (exact) mass is 308 g/mol. The lowest BCUT2D eigenvalue weighted by Gasteiger charge is -2.33. The van der Waals surface area contributed by atoms with Crippen LogP contribution in [0.4, 0.5) is 0 Å². The molecule has 1 unspecified atom stereocenters. The molecule has 1 amide bonds. The van der Waals surface area contributed by atoms with Crippen LogP contribution in [0.25, 0.3) is 0 Å². The normalized spacial score (nSPS) is 18.0. The van der Waals surface area contributed by atoms with Crippen molar-refractivity contribution in [3.05, 3.63) is 17.7 Å². The maximum atomic E-state index is 12.8. The number of hydrogen-bond donors (Lipinski definition) is 1.